The van der Waals surface area contributed by atoms with Gasteiger partial charge in [-0.2, -0.15) is 0 Å². The maximum atomic E-state index is 13.0. The summed E-state index contributed by atoms with van der Waals surface area (Å²) in [6.45, 7) is 3.89. The molecule has 3 heteroatoms. The summed E-state index contributed by atoms with van der Waals surface area (Å²) < 4.78 is 13.0. The number of anilines is 1. The van der Waals surface area contributed by atoms with Gasteiger partial charge in [-0.15, -0.1) is 0 Å². The summed E-state index contributed by atoms with van der Waals surface area (Å²) in [5, 5.41) is 0. The molecule has 0 saturated heterocycles. The van der Waals surface area contributed by atoms with Gasteiger partial charge in [0.15, 0.2) is 0 Å². The third-order valence-corrected chi connectivity index (χ3v) is 2.27. The lowest BCUT2D eigenvalue weighted by Gasteiger charge is -2.05. The lowest BCUT2D eigenvalue weighted by atomic mass is 10.0. The minimum Gasteiger partial charge on any atom is -0.399 e. The topological polar surface area (TPSA) is 38.9 Å². The Kier molecular flexibility index (Phi) is 2.68. The van der Waals surface area contributed by atoms with Crippen LogP contribution in [0.4, 0.5) is 10.1 Å². The van der Waals surface area contributed by atoms with Crippen LogP contribution in [0.5, 0.6) is 0 Å². The molecule has 0 unspecified atom stereocenters. The van der Waals surface area contributed by atoms with Gasteiger partial charge in [0.25, 0.3) is 0 Å². The molecule has 16 heavy (non-hydrogen) atoms. The van der Waals surface area contributed by atoms with Crippen LogP contribution in [0.1, 0.15) is 11.3 Å². The molecule has 2 rings (SSSR count). The van der Waals surface area contributed by atoms with Gasteiger partial charge in [0.05, 0.1) is 5.69 Å². The minimum atomic E-state index is -0.289. The van der Waals surface area contributed by atoms with E-state index in [0.717, 1.165) is 0 Å². The molecular weight excluding hydrogens is 203 g/mol. The van der Waals surface area contributed by atoms with Crippen molar-refractivity contribution in [2.45, 2.75) is 0 Å². The Morgan fingerprint density at radius 3 is 2.75 bits per heavy atom. The van der Waals surface area contributed by atoms with Crippen LogP contribution in [0.15, 0.2) is 49.2 Å². The predicted octanol–water partition coefficient (Wildman–Crippen LogP) is 2.86. The van der Waals surface area contributed by atoms with Crippen molar-refractivity contribution >= 4 is 11.3 Å². The summed E-state index contributed by atoms with van der Waals surface area (Å²) in [6, 6.07) is 9.66. The van der Waals surface area contributed by atoms with Gasteiger partial charge in [-0.25, -0.2) is 4.39 Å². The highest BCUT2D eigenvalue weighted by Crippen LogP contribution is 2.21. The van der Waals surface area contributed by atoms with E-state index in [1.807, 2.05) is 0 Å². The normalized spacial score (nSPS) is 10.1. The Labute approximate surface area is 93.3 Å². The highest BCUT2D eigenvalue weighted by Gasteiger charge is 2.04. The molecule has 80 valence electrons. The second-order valence-electron chi connectivity index (χ2n) is 3.46. The van der Waals surface area contributed by atoms with Crippen LogP contribution >= 0.6 is 0 Å². The molecule has 0 amide bonds. The summed E-state index contributed by atoms with van der Waals surface area (Å²) in [7, 11) is 0. The first-order valence-electron chi connectivity index (χ1n) is 4.83. The van der Waals surface area contributed by atoms with Crippen LogP contribution in [0.2, 0.25) is 0 Å². The van der Waals surface area contributed by atoms with Gasteiger partial charge in [0.2, 0.25) is 0 Å². The van der Waals surface area contributed by atoms with Crippen LogP contribution in [0.3, 0.4) is 0 Å². The second kappa shape index (κ2) is 4.14. The standard InChI is InChI=1S/C13H11FN2/c1-9(10-3-2-4-11(14)7-10)13-8-12(15)5-6-16-13/h2-8H,1H2,(H2,15,16). The number of aromatic nitrogens is 1. The van der Waals surface area contributed by atoms with Gasteiger partial charge in [0, 0.05) is 17.5 Å². The molecule has 0 atom stereocenters. The van der Waals surface area contributed by atoms with Crippen LogP contribution < -0.4 is 5.73 Å². The fourth-order valence-corrected chi connectivity index (χ4v) is 1.44. The molecule has 1 aromatic heterocycles. The van der Waals surface area contributed by atoms with E-state index in [2.05, 4.69) is 11.6 Å². The molecule has 2 N–H and O–H groups in total. The first-order chi connectivity index (χ1) is 7.66. The van der Waals surface area contributed by atoms with Gasteiger partial charge in [-0.1, -0.05) is 18.7 Å². The molecule has 0 aliphatic carbocycles. The SMILES string of the molecule is C=C(c1cccc(F)c1)c1cc(N)ccn1. The van der Waals surface area contributed by atoms with Gasteiger partial charge < -0.3 is 5.73 Å². The number of halogens is 1. The molecule has 0 aliphatic heterocycles. The maximum Gasteiger partial charge on any atom is 0.123 e. The number of benzene rings is 1. The predicted molar refractivity (Wildman–Crippen MR) is 63.2 cm³/mol. The third kappa shape index (κ3) is 2.08. The van der Waals surface area contributed by atoms with Crippen LogP contribution in [-0.2, 0) is 0 Å². The molecule has 0 aliphatic rings. The molecule has 1 aromatic carbocycles. The van der Waals surface area contributed by atoms with Crippen molar-refractivity contribution in [2.75, 3.05) is 5.73 Å². The molecule has 1 heterocycles. The van der Waals surface area contributed by atoms with Crippen molar-refractivity contribution in [1.29, 1.82) is 0 Å². The average molecular weight is 214 g/mol. The van der Waals surface area contributed by atoms with E-state index in [4.69, 9.17) is 5.73 Å². The Hall–Kier alpha value is -2.16. The lowest BCUT2D eigenvalue weighted by molar-refractivity contribution is 0.627. The first-order valence-corrected chi connectivity index (χ1v) is 4.83. The maximum absolute atomic E-state index is 13.0. The highest BCUT2D eigenvalue weighted by molar-refractivity contribution is 5.77. The second-order valence-corrected chi connectivity index (χ2v) is 3.46. The number of pyridine rings is 1. The lowest BCUT2D eigenvalue weighted by Crippen LogP contribution is -1.93. The Bertz CT molecular complexity index is 487. The van der Waals surface area contributed by atoms with Crippen LogP contribution in [-0.4, -0.2) is 4.98 Å². The van der Waals surface area contributed by atoms with Crippen molar-refractivity contribution < 1.29 is 4.39 Å². The zero-order valence-electron chi connectivity index (χ0n) is 8.65. The first kappa shape index (κ1) is 10.4. The van der Waals surface area contributed by atoms with Gasteiger partial charge in [-0.05, 0) is 29.8 Å². The largest absolute Gasteiger partial charge is 0.399 e. The fraction of sp³-hybridized carbons (Fsp3) is 0. The number of hydrogen-bond acceptors (Lipinski definition) is 2. The van der Waals surface area contributed by atoms with E-state index < -0.39 is 0 Å². The smallest absolute Gasteiger partial charge is 0.123 e. The fourth-order valence-electron chi connectivity index (χ4n) is 1.44. The summed E-state index contributed by atoms with van der Waals surface area (Å²) in [6.07, 6.45) is 1.61. The monoisotopic (exact) mass is 214 g/mol. The molecule has 0 spiro atoms. The Morgan fingerprint density at radius 2 is 2.06 bits per heavy atom. The number of nitrogens with zero attached hydrogens (tertiary/aromatic N) is 1. The summed E-state index contributed by atoms with van der Waals surface area (Å²) in [4.78, 5) is 4.14. The molecule has 2 nitrogen and oxygen atoms in total. The number of nitrogen functional groups attached to an aromatic ring is 1. The van der Waals surface area contributed by atoms with E-state index in [0.29, 0.717) is 22.5 Å². The molecule has 0 fully saturated rings. The van der Waals surface area contributed by atoms with Crippen molar-refractivity contribution in [1.82, 2.24) is 4.98 Å². The van der Waals surface area contributed by atoms with E-state index in [-0.39, 0.29) is 5.82 Å². The van der Waals surface area contributed by atoms with Gasteiger partial charge in [0.1, 0.15) is 5.82 Å². The van der Waals surface area contributed by atoms with Crippen molar-refractivity contribution in [3.8, 4) is 0 Å². The quantitative estimate of drug-likeness (QED) is 0.834. The highest BCUT2D eigenvalue weighted by atomic mass is 19.1. The van der Waals surface area contributed by atoms with E-state index in [9.17, 15) is 4.39 Å². The van der Waals surface area contributed by atoms with Crippen LogP contribution in [0.25, 0.3) is 5.57 Å². The molecule has 0 bridgehead atoms. The van der Waals surface area contributed by atoms with E-state index in [1.165, 1.54) is 12.1 Å². The molecule has 2 aromatic rings. The zero-order valence-corrected chi connectivity index (χ0v) is 8.65. The molecule has 0 radical (unpaired) electrons. The van der Waals surface area contributed by atoms with Gasteiger partial charge >= 0.3 is 0 Å². The minimum absolute atomic E-state index is 0.289. The summed E-state index contributed by atoms with van der Waals surface area (Å²) in [5.41, 5.74) is 8.29. The third-order valence-electron chi connectivity index (χ3n) is 2.27. The number of hydrogen-bond donors (Lipinski definition) is 1. The average Bonchev–Trinajstić information content (AvgIpc) is 2.28. The Morgan fingerprint density at radius 1 is 1.25 bits per heavy atom. The zero-order chi connectivity index (χ0) is 11.5. The van der Waals surface area contributed by atoms with Crippen molar-refractivity contribution in [3.05, 3.63) is 66.2 Å². The number of rotatable bonds is 2. The van der Waals surface area contributed by atoms with E-state index >= 15 is 0 Å². The Balaban J connectivity index is 2.39. The summed E-state index contributed by atoms with van der Waals surface area (Å²) in [5.74, 6) is -0.289. The van der Waals surface area contributed by atoms with E-state index in [1.54, 1.807) is 30.5 Å². The summed E-state index contributed by atoms with van der Waals surface area (Å²) >= 11 is 0. The molecular formula is C13H11FN2. The van der Waals surface area contributed by atoms with Crippen molar-refractivity contribution in [3.63, 3.8) is 0 Å². The number of nitrogens with two attached hydrogens (primary N) is 1. The van der Waals surface area contributed by atoms with Gasteiger partial charge in [-0.3, -0.25) is 4.98 Å². The molecule has 0 saturated carbocycles. The van der Waals surface area contributed by atoms with Crippen molar-refractivity contribution in [2.24, 2.45) is 0 Å². The van der Waals surface area contributed by atoms with Crippen LogP contribution in [0, 0.1) is 5.82 Å².